The van der Waals surface area contributed by atoms with Crippen LogP contribution in [0.25, 0.3) is 0 Å². The maximum Gasteiger partial charge on any atom is 0.0624 e. The van der Waals surface area contributed by atoms with E-state index in [9.17, 15) is 0 Å². The Bertz CT molecular complexity index is 567. The molecule has 20 heavy (non-hydrogen) atoms. The molecule has 1 unspecified atom stereocenters. The van der Waals surface area contributed by atoms with Crippen molar-refractivity contribution in [1.82, 2.24) is 24.9 Å². The van der Waals surface area contributed by atoms with Crippen LogP contribution in [0.4, 0.5) is 0 Å². The van der Waals surface area contributed by atoms with E-state index in [2.05, 4.69) is 46.2 Å². The molecule has 5 nitrogen and oxygen atoms in total. The number of rotatable bonds is 6. The molecule has 0 aliphatic rings. The normalized spacial score (nSPS) is 12.8. The van der Waals surface area contributed by atoms with Crippen LogP contribution in [0.15, 0.2) is 12.1 Å². The first kappa shape index (κ1) is 14.8. The Morgan fingerprint density at radius 3 is 2.50 bits per heavy atom. The Morgan fingerprint density at radius 1 is 1.25 bits per heavy atom. The highest BCUT2D eigenvalue weighted by Crippen LogP contribution is 2.19. The van der Waals surface area contributed by atoms with Gasteiger partial charge in [0, 0.05) is 25.7 Å². The minimum Gasteiger partial charge on any atom is -0.311 e. The summed E-state index contributed by atoms with van der Waals surface area (Å²) in [5.74, 6) is 0. The summed E-state index contributed by atoms with van der Waals surface area (Å²) in [6, 6.07) is 4.62. The summed E-state index contributed by atoms with van der Waals surface area (Å²) < 4.78 is 4.07. The number of nitrogens with zero attached hydrogens (tertiary/aromatic N) is 4. The topological polar surface area (TPSA) is 47.7 Å². The van der Waals surface area contributed by atoms with Crippen LogP contribution in [0, 0.1) is 6.92 Å². The lowest BCUT2D eigenvalue weighted by molar-refractivity contribution is 0.508. The van der Waals surface area contributed by atoms with Gasteiger partial charge in [-0.15, -0.1) is 0 Å². The largest absolute Gasteiger partial charge is 0.311 e. The summed E-state index contributed by atoms with van der Waals surface area (Å²) in [6.45, 7) is 7.22. The van der Waals surface area contributed by atoms with Crippen LogP contribution in [0.3, 0.4) is 0 Å². The zero-order valence-electron chi connectivity index (χ0n) is 13.1. The smallest absolute Gasteiger partial charge is 0.0624 e. The molecule has 1 atom stereocenters. The minimum absolute atomic E-state index is 0.257. The van der Waals surface area contributed by atoms with Crippen molar-refractivity contribution in [3.63, 3.8) is 0 Å². The highest BCUT2D eigenvalue weighted by atomic mass is 15.3. The molecule has 0 spiro atoms. The molecule has 1 N–H and O–H groups in total. The summed E-state index contributed by atoms with van der Waals surface area (Å²) in [4.78, 5) is 0. The van der Waals surface area contributed by atoms with Gasteiger partial charge in [0.2, 0.25) is 0 Å². The Hall–Kier alpha value is -1.62. The van der Waals surface area contributed by atoms with Gasteiger partial charge >= 0.3 is 0 Å². The Morgan fingerprint density at radius 2 is 2.00 bits per heavy atom. The van der Waals surface area contributed by atoms with Crippen molar-refractivity contribution in [1.29, 1.82) is 0 Å². The van der Waals surface area contributed by atoms with Crippen molar-refractivity contribution in [2.45, 2.75) is 46.2 Å². The number of nitrogens with one attached hydrogen (secondary N) is 1. The molecule has 2 rings (SSSR count). The first-order valence-electron chi connectivity index (χ1n) is 7.32. The monoisotopic (exact) mass is 275 g/mol. The third-order valence-electron chi connectivity index (χ3n) is 3.73. The molecule has 0 aliphatic carbocycles. The molecule has 0 amide bonds. The molecule has 0 fully saturated rings. The van der Waals surface area contributed by atoms with Crippen LogP contribution < -0.4 is 5.32 Å². The van der Waals surface area contributed by atoms with Gasteiger partial charge in [-0.1, -0.05) is 6.92 Å². The van der Waals surface area contributed by atoms with Crippen molar-refractivity contribution < 1.29 is 0 Å². The van der Waals surface area contributed by atoms with Crippen LogP contribution in [0.2, 0.25) is 0 Å². The van der Waals surface area contributed by atoms with Gasteiger partial charge in [-0.3, -0.25) is 9.36 Å². The fraction of sp³-hybridized carbons (Fsp3) is 0.600. The van der Waals surface area contributed by atoms with Gasteiger partial charge in [0.25, 0.3) is 0 Å². The van der Waals surface area contributed by atoms with Crippen LogP contribution in [-0.2, 0) is 26.4 Å². The number of aryl methyl sites for hydroxylation is 4. The highest BCUT2D eigenvalue weighted by Gasteiger charge is 2.17. The van der Waals surface area contributed by atoms with Crippen molar-refractivity contribution in [3.05, 3.63) is 34.9 Å². The molecule has 0 aromatic carbocycles. The molecule has 0 bridgehead atoms. The average Bonchev–Trinajstić information content (AvgIpc) is 2.98. The average molecular weight is 275 g/mol. The second-order valence-corrected chi connectivity index (χ2v) is 5.18. The highest BCUT2D eigenvalue weighted by molar-refractivity contribution is 5.18. The Balaban J connectivity index is 2.26. The summed E-state index contributed by atoms with van der Waals surface area (Å²) >= 11 is 0. The molecule has 0 saturated heterocycles. The second kappa shape index (κ2) is 6.22. The third kappa shape index (κ3) is 2.93. The minimum atomic E-state index is 0.257. The first-order chi connectivity index (χ1) is 9.58. The van der Waals surface area contributed by atoms with E-state index in [1.165, 1.54) is 11.4 Å². The van der Waals surface area contributed by atoms with Crippen LogP contribution in [0.1, 0.15) is 42.7 Å². The molecular weight excluding hydrogens is 250 g/mol. The van der Waals surface area contributed by atoms with Crippen LogP contribution in [-0.4, -0.2) is 26.6 Å². The van der Waals surface area contributed by atoms with E-state index in [1.807, 2.05) is 25.7 Å². The van der Waals surface area contributed by atoms with Crippen molar-refractivity contribution >= 4 is 0 Å². The quantitative estimate of drug-likeness (QED) is 0.877. The van der Waals surface area contributed by atoms with Gasteiger partial charge in [0.15, 0.2) is 0 Å². The summed E-state index contributed by atoms with van der Waals surface area (Å²) in [5.41, 5.74) is 4.72. The van der Waals surface area contributed by atoms with E-state index in [0.29, 0.717) is 0 Å². The fourth-order valence-electron chi connectivity index (χ4n) is 2.65. The van der Waals surface area contributed by atoms with Gasteiger partial charge in [-0.05, 0) is 39.4 Å². The lowest BCUT2D eigenvalue weighted by atomic mass is 10.1. The molecule has 110 valence electrons. The van der Waals surface area contributed by atoms with Crippen molar-refractivity contribution in [2.75, 3.05) is 7.05 Å². The van der Waals surface area contributed by atoms with Gasteiger partial charge in [-0.2, -0.15) is 10.2 Å². The molecule has 2 heterocycles. The number of aromatic nitrogens is 4. The maximum absolute atomic E-state index is 4.62. The van der Waals surface area contributed by atoms with Gasteiger partial charge in [0.1, 0.15) is 0 Å². The van der Waals surface area contributed by atoms with Crippen LogP contribution >= 0.6 is 0 Å². The predicted octanol–water partition coefficient (Wildman–Crippen LogP) is 2.01. The zero-order valence-corrected chi connectivity index (χ0v) is 13.1. The van der Waals surface area contributed by atoms with Gasteiger partial charge in [0.05, 0.1) is 23.1 Å². The van der Waals surface area contributed by atoms with E-state index in [0.717, 1.165) is 30.8 Å². The summed E-state index contributed by atoms with van der Waals surface area (Å²) in [5, 5.41) is 12.5. The molecule has 0 aliphatic heterocycles. The molecule has 2 aromatic rings. The fourth-order valence-corrected chi connectivity index (χ4v) is 2.65. The standard InChI is InChI=1S/C15H25N5/c1-6-12-9-13(20(7-2)18-12)10-14(16-4)15-8-11(3)17-19(15)5/h8-9,14,16H,6-7,10H2,1-5H3. The van der Waals surface area contributed by atoms with Gasteiger partial charge < -0.3 is 5.32 Å². The third-order valence-corrected chi connectivity index (χ3v) is 3.73. The first-order valence-corrected chi connectivity index (χ1v) is 7.32. The number of likely N-dealkylation sites (N-methyl/N-ethyl adjacent to an activating group) is 1. The van der Waals surface area contributed by atoms with E-state index < -0.39 is 0 Å². The Kier molecular flexibility index (Phi) is 4.60. The number of hydrogen-bond acceptors (Lipinski definition) is 3. The predicted molar refractivity (Wildman–Crippen MR) is 80.7 cm³/mol. The SMILES string of the molecule is CCc1cc(CC(NC)c2cc(C)nn2C)n(CC)n1. The second-order valence-electron chi connectivity index (χ2n) is 5.18. The van der Waals surface area contributed by atoms with E-state index in [4.69, 9.17) is 0 Å². The Labute approximate surface area is 121 Å². The van der Waals surface area contributed by atoms with Crippen molar-refractivity contribution in [2.24, 2.45) is 7.05 Å². The lowest BCUT2D eigenvalue weighted by Crippen LogP contribution is -2.23. The summed E-state index contributed by atoms with van der Waals surface area (Å²) in [6.07, 6.45) is 1.91. The lowest BCUT2D eigenvalue weighted by Gasteiger charge is -2.17. The van der Waals surface area contributed by atoms with Crippen molar-refractivity contribution in [3.8, 4) is 0 Å². The number of hydrogen-bond donors (Lipinski definition) is 1. The molecule has 0 radical (unpaired) electrons. The maximum atomic E-state index is 4.62. The zero-order chi connectivity index (χ0) is 14.7. The van der Waals surface area contributed by atoms with E-state index in [-0.39, 0.29) is 6.04 Å². The molecule has 5 heteroatoms. The molecule has 0 saturated carbocycles. The van der Waals surface area contributed by atoms with Crippen LogP contribution in [0.5, 0.6) is 0 Å². The van der Waals surface area contributed by atoms with E-state index in [1.54, 1.807) is 0 Å². The van der Waals surface area contributed by atoms with E-state index >= 15 is 0 Å². The molecular formula is C15H25N5. The molecule has 2 aromatic heterocycles. The summed E-state index contributed by atoms with van der Waals surface area (Å²) in [7, 11) is 4.00. The van der Waals surface area contributed by atoms with Gasteiger partial charge in [-0.25, -0.2) is 0 Å².